The van der Waals surface area contributed by atoms with Crippen LogP contribution in [0, 0.1) is 11.8 Å². The standard InChI is InChI=1S/C36H46ClN3O10/c1-8-10-29(43)39(6)22(4)33(45)49-28-16-30(44)40(7)26-15-23(14-24(18-41)31(26)37)13-20(2)11-9-12-25(19-42)36(47)17-27(48-34(46)38-36)21(3)32-35(28,5)50-32/h9,11-12,14-15,18-19,21-22,25,27-28,32,47H,8,10,13,16-17H2,1-7H3,(H,38,46)/b12-9+,20-11+/t21-,22-,25+,27+,28+,32+,35+,36+/m1/s1. The second-order valence-corrected chi connectivity index (χ2v) is 14.0. The fraction of sp³-hybridized carbons (Fsp3) is 0.556. The largest absolute Gasteiger partial charge is 0.457 e. The Morgan fingerprint density at radius 1 is 1.28 bits per heavy atom. The maximum absolute atomic E-state index is 14.0. The molecule has 1 aromatic carbocycles. The lowest BCUT2D eigenvalue weighted by molar-refractivity contribution is -0.162. The molecule has 14 heteroatoms. The molecule has 0 saturated carbocycles. The highest BCUT2D eigenvalue weighted by molar-refractivity contribution is 6.36. The molecular formula is C36H46ClN3O10. The average molecular weight is 716 g/mol. The van der Waals surface area contributed by atoms with Gasteiger partial charge in [0.1, 0.15) is 30.1 Å². The molecule has 2 fully saturated rings. The number of allylic oxidation sites excluding steroid dienone is 3. The highest BCUT2D eigenvalue weighted by atomic mass is 35.5. The van der Waals surface area contributed by atoms with E-state index in [0.717, 1.165) is 5.57 Å². The molecule has 0 aromatic heterocycles. The summed E-state index contributed by atoms with van der Waals surface area (Å²) in [6.45, 7) is 8.60. The van der Waals surface area contributed by atoms with Gasteiger partial charge in [-0.25, -0.2) is 9.59 Å². The molecule has 0 unspecified atom stereocenters. The van der Waals surface area contributed by atoms with E-state index in [9.17, 15) is 33.9 Å². The number of esters is 1. The molecule has 272 valence electrons. The molecule has 8 atom stereocenters. The quantitative estimate of drug-likeness (QED) is 0.240. The van der Waals surface area contributed by atoms with Crippen LogP contribution in [-0.2, 0) is 39.8 Å². The number of aldehydes is 2. The van der Waals surface area contributed by atoms with Gasteiger partial charge < -0.3 is 33.9 Å². The van der Waals surface area contributed by atoms with Crippen LogP contribution in [0.5, 0.6) is 0 Å². The fourth-order valence-corrected chi connectivity index (χ4v) is 6.81. The van der Waals surface area contributed by atoms with Crippen molar-refractivity contribution in [3.63, 3.8) is 0 Å². The molecule has 0 radical (unpaired) electrons. The predicted octanol–water partition coefficient (Wildman–Crippen LogP) is 3.92. The number of hydrogen-bond acceptors (Lipinski definition) is 10. The van der Waals surface area contributed by atoms with Gasteiger partial charge in [0.2, 0.25) is 11.8 Å². The zero-order chi connectivity index (χ0) is 37.1. The number of epoxide rings is 1. The first kappa shape index (κ1) is 38.7. The second-order valence-electron chi connectivity index (χ2n) is 13.7. The Kier molecular flexibility index (Phi) is 12.0. The number of ether oxygens (including phenoxy) is 3. The van der Waals surface area contributed by atoms with Crippen molar-refractivity contribution in [1.82, 2.24) is 10.2 Å². The van der Waals surface area contributed by atoms with Crippen molar-refractivity contribution in [3.8, 4) is 0 Å². The number of nitrogens with zero attached hydrogens (tertiary/aromatic N) is 2. The average Bonchev–Trinajstić information content (AvgIpc) is 3.76. The number of rotatable bonds is 7. The number of carbonyl (C=O) groups is 6. The van der Waals surface area contributed by atoms with E-state index in [2.05, 4.69) is 5.32 Å². The van der Waals surface area contributed by atoms with Crippen LogP contribution in [0.4, 0.5) is 10.5 Å². The Labute approximate surface area is 296 Å². The van der Waals surface area contributed by atoms with Crippen LogP contribution in [-0.4, -0.2) is 96.2 Å². The molecule has 0 aliphatic carbocycles. The zero-order valence-corrected chi connectivity index (χ0v) is 30.2. The number of anilines is 1. The number of benzene rings is 1. The monoisotopic (exact) mass is 715 g/mol. The van der Waals surface area contributed by atoms with Crippen molar-refractivity contribution in [2.45, 2.75) is 102 Å². The molecule has 0 spiro atoms. The molecule has 4 rings (SSSR count). The van der Waals surface area contributed by atoms with Crippen molar-refractivity contribution in [1.29, 1.82) is 0 Å². The molecule has 2 N–H and O–H groups in total. The first-order valence-electron chi connectivity index (χ1n) is 16.7. The van der Waals surface area contributed by atoms with Gasteiger partial charge in [0.05, 0.1) is 29.2 Å². The summed E-state index contributed by atoms with van der Waals surface area (Å²) in [6, 6.07) is 2.32. The summed E-state index contributed by atoms with van der Waals surface area (Å²) in [5, 5.41) is 14.0. The Morgan fingerprint density at radius 2 is 1.98 bits per heavy atom. The van der Waals surface area contributed by atoms with Crippen LogP contribution in [0.15, 0.2) is 35.9 Å². The van der Waals surface area contributed by atoms with Gasteiger partial charge in [0.25, 0.3) is 0 Å². The minimum Gasteiger partial charge on any atom is -0.457 e. The van der Waals surface area contributed by atoms with Gasteiger partial charge in [-0.2, -0.15) is 0 Å². The summed E-state index contributed by atoms with van der Waals surface area (Å²) in [5.41, 5.74) is -1.34. The van der Waals surface area contributed by atoms with Crippen LogP contribution < -0.4 is 10.2 Å². The summed E-state index contributed by atoms with van der Waals surface area (Å²) in [4.78, 5) is 79.6. The number of nitrogens with one attached hydrogen (secondary N) is 1. The smallest absolute Gasteiger partial charge is 0.409 e. The molecule has 2 saturated heterocycles. The molecule has 3 heterocycles. The molecule has 3 amide bonds. The summed E-state index contributed by atoms with van der Waals surface area (Å²) >= 11 is 6.61. The minimum atomic E-state index is -1.98. The lowest BCUT2D eigenvalue weighted by Crippen LogP contribution is -2.61. The van der Waals surface area contributed by atoms with Crippen LogP contribution in [0.3, 0.4) is 0 Å². The molecule has 4 bridgehead atoms. The minimum absolute atomic E-state index is 0.0642. The number of aliphatic hydroxyl groups is 1. The summed E-state index contributed by atoms with van der Waals surface area (Å²) in [6.07, 6.45) is 2.81. The van der Waals surface area contributed by atoms with E-state index < -0.39 is 65.5 Å². The first-order chi connectivity index (χ1) is 23.5. The Morgan fingerprint density at radius 3 is 2.62 bits per heavy atom. The van der Waals surface area contributed by atoms with Gasteiger partial charge in [-0.3, -0.25) is 19.7 Å². The van der Waals surface area contributed by atoms with Crippen LogP contribution >= 0.6 is 11.6 Å². The van der Waals surface area contributed by atoms with Crippen molar-refractivity contribution in [2.24, 2.45) is 11.8 Å². The van der Waals surface area contributed by atoms with Gasteiger partial charge in [-0.05, 0) is 51.3 Å². The van der Waals surface area contributed by atoms with E-state index >= 15 is 0 Å². The Hall–Kier alpha value is -4.07. The highest BCUT2D eigenvalue weighted by Crippen LogP contribution is 2.49. The lowest BCUT2D eigenvalue weighted by atomic mass is 9.82. The van der Waals surface area contributed by atoms with E-state index in [1.54, 1.807) is 38.1 Å². The molecular weight excluding hydrogens is 670 g/mol. The third kappa shape index (κ3) is 8.11. The van der Waals surface area contributed by atoms with Crippen molar-refractivity contribution >= 4 is 53.7 Å². The molecule has 13 nitrogen and oxygen atoms in total. The highest BCUT2D eigenvalue weighted by Gasteiger charge is 2.64. The Bertz CT molecular complexity index is 1600. The van der Waals surface area contributed by atoms with Crippen molar-refractivity contribution in [2.75, 3.05) is 19.0 Å². The molecule has 1 aromatic rings. The molecule has 50 heavy (non-hydrogen) atoms. The topological polar surface area (TPSA) is 172 Å². The third-order valence-corrected chi connectivity index (χ3v) is 10.4. The van der Waals surface area contributed by atoms with E-state index in [1.165, 1.54) is 36.9 Å². The summed E-state index contributed by atoms with van der Waals surface area (Å²) in [7, 11) is 3.00. The summed E-state index contributed by atoms with van der Waals surface area (Å²) < 4.78 is 17.7. The number of amides is 3. The number of fused-ring (bicyclic) bond motifs is 5. The lowest BCUT2D eigenvalue weighted by Gasteiger charge is -2.41. The fourth-order valence-electron chi connectivity index (χ4n) is 6.53. The van der Waals surface area contributed by atoms with Crippen molar-refractivity contribution in [3.05, 3.63) is 52.1 Å². The predicted molar refractivity (Wildman–Crippen MR) is 183 cm³/mol. The number of likely N-dealkylation sites (N-methyl/N-ethyl adjacent to an activating group) is 1. The third-order valence-electron chi connectivity index (χ3n) is 9.96. The van der Waals surface area contributed by atoms with Gasteiger partial charge in [-0.1, -0.05) is 49.2 Å². The van der Waals surface area contributed by atoms with Gasteiger partial charge >= 0.3 is 12.1 Å². The number of hydrogen-bond donors (Lipinski definition) is 2. The van der Waals surface area contributed by atoms with E-state index in [-0.39, 0.29) is 41.4 Å². The van der Waals surface area contributed by atoms with Crippen LogP contribution in [0.1, 0.15) is 76.2 Å². The van der Waals surface area contributed by atoms with E-state index in [1.807, 2.05) is 13.8 Å². The van der Waals surface area contributed by atoms with E-state index in [4.69, 9.17) is 25.8 Å². The normalized spacial score (nSPS) is 32.2. The maximum atomic E-state index is 14.0. The number of carbonyl (C=O) groups excluding carboxylic acids is 6. The first-order valence-corrected chi connectivity index (χ1v) is 17.1. The van der Waals surface area contributed by atoms with Crippen molar-refractivity contribution < 1.29 is 48.1 Å². The van der Waals surface area contributed by atoms with Crippen LogP contribution in [0.2, 0.25) is 5.02 Å². The second kappa shape index (κ2) is 15.4. The summed E-state index contributed by atoms with van der Waals surface area (Å²) in [5.74, 6) is -3.25. The van der Waals surface area contributed by atoms with E-state index in [0.29, 0.717) is 31.0 Å². The number of halogens is 1. The number of alkyl carbamates (subject to hydrolysis) is 1. The van der Waals surface area contributed by atoms with Gasteiger partial charge in [-0.15, -0.1) is 0 Å². The van der Waals surface area contributed by atoms with Gasteiger partial charge in [0.15, 0.2) is 12.0 Å². The maximum Gasteiger partial charge on any atom is 0.409 e. The van der Waals surface area contributed by atoms with Gasteiger partial charge in [0, 0.05) is 38.4 Å². The zero-order valence-electron chi connectivity index (χ0n) is 29.4. The van der Waals surface area contributed by atoms with Crippen LogP contribution in [0.25, 0.3) is 0 Å². The molecule has 3 aliphatic heterocycles. The Balaban J connectivity index is 1.78. The SMILES string of the molecule is CCCC(=O)N(C)[C@H](C)C(=O)O[C@H]1CC(=O)N(C)c2cc(cc(C=O)c2Cl)C/C(C)=C/C=C/[C@@H](C=O)[C@@]2(O)C[C@H](OC(=O)N2)[C@@H](C)[C@@H]2O[C@@]12C. The molecule has 3 aliphatic rings.